The maximum absolute atomic E-state index is 5.17. The molecule has 1 aromatic carbocycles. The number of nitrogens with one attached hydrogen (secondary N) is 1. The average Bonchev–Trinajstić information content (AvgIpc) is 2.90. The summed E-state index contributed by atoms with van der Waals surface area (Å²) in [5.74, 6) is 1.66. The molecule has 0 atom stereocenters. The number of aromatic nitrogens is 4. The number of aryl methyl sites for hydroxylation is 2. The number of fused-ring (bicyclic) bond motifs is 1. The third-order valence-electron chi connectivity index (χ3n) is 3.61. The molecule has 0 amide bonds. The van der Waals surface area contributed by atoms with Gasteiger partial charge in [-0.3, -0.25) is 4.68 Å². The van der Waals surface area contributed by atoms with Crippen LogP contribution in [-0.2, 0) is 13.1 Å². The summed E-state index contributed by atoms with van der Waals surface area (Å²) in [6.45, 7) is 5.50. The topological polar surface area (TPSA) is 64.9 Å². The molecule has 0 aliphatic heterocycles. The summed E-state index contributed by atoms with van der Waals surface area (Å²) < 4.78 is 7.10. The van der Waals surface area contributed by atoms with Crippen molar-refractivity contribution < 1.29 is 4.74 Å². The number of methoxy groups -OCH3 is 1. The quantitative estimate of drug-likeness (QED) is 0.784. The van der Waals surface area contributed by atoms with Gasteiger partial charge in [0.05, 0.1) is 12.8 Å². The first-order valence-corrected chi connectivity index (χ1v) is 7.28. The van der Waals surface area contributed by atoms with Gasteiger partial charge in [-0.25, -0.2) is 9.97 Å². The molecular formula is C16H19N5O. The van der Waals surface area contributed by atoms with Crippen LogP contribution >= 0.6 is 0 Å². The van der Waals surface area contributed by atoms with Crippen molar-refractivity contribution in [2.75, 3.05) is 12.4 Å². The fourth-order valence-electron chi connectivity index (χ4n) is 2.45. The van der Waals surface area contributed by atoms with Gasteiger partial charge in [-0.15, -0.1) is 0 Å². The smallest absolute Gasteiger partial charge is 0.155 e. The van der Waals surface area contributed by atoms with Crippen molar-refractivity contribution in [2.45, 2.75) is 26.9 Å². The summed E-state index contributed by atoms with van der Waals surface area (Å²) >= 11 is 0. The minimum atomic E-state index is 0.685. The zero-order chi connectivity index (χ0) is 15.5. The van der Waals surface area contributed by atoms with Crippen LogP contribution < -0.4 is 10.1 Å². The molecule has 0 saturated heterocycles. The van der Waals surface area contributed by atoms with E-state index in [1.54, 1.807) is 13.4 Å². The largest absolute Gasteiger partial charge is 0.497 e. The lowest BCUT2D eigenvalue weighted by atomic mass is 10.2. The van der Waals surface area contributed by atoms with E-state index in [0.717, 1.165) is 40.4 Å². The number of hydrogen-bond donors (Lipinski definition) is 1. The molecular weight excluding hydrogens is 278 g/mol. The van der Waals surface area contributed by atoms with Crippen LogP contribution in [0.4, 0.5) is 5.82 Å². The van der Waals surface area contributed by atoms with Gasteiger partial charge in [0.15, 0.2) is 5.82 Å². The average molecular weight is 297 g/mol. The molecule has 0 saturated carbocycles. The Labute approximate surface area is 129 Å². The molecule has 0 aliphatic carbocycles. The van der Waals surface area contributed by atoms with Crippen molar-refractivity contribution in [1.29, 1.82) is 0 Å². The molecule has 22 heavy (non-hydrogen) atoms. The highest BCUT2D eigenvalue weighted by molar-refractivity contribution is 5.87. The van der Waals surface area contributed by atoms with E-state index in [0.29, 0.717) is 6.54 Å². The number of nitrogens with zero attached hydrogens (tertiary/aromatic N) is 4. The van der Waals surface area contributed by atoms with Crippen molar-refractivity contribution in [3.63, 3.8) is 0 Å². The van der Waals surface area contributed by atoms with Crippen molar-refractivity contribution in [1.82, 2.24) is 19.7 Å². The molecule has 3 aromatic rings. The first kappa shape index (κ1) is 14.3. The molecule has 2 heterocycles. The molecule has 6 nitrogen and oxygen atoms in total. The number of ether oxygens (including phenoxy) is 1. The van der Waals surface area contributed by atoms with E-state index in [-0.39, 0.29) is 0 Å². The molecule has 0 aliphatic rings. The van der Waals surface area contributed by atoms with Crippen LogP contribution in [0.3, 0.4) is 0 Å². The molecule has 3 rings (SSSR count). The van der Waals surface area contributed by atoms with E-state index in [9.17, 15) is 0 Å². The summed E-state index contributed by atoms with van der Waals surface area (Å²) in [6, 6.07) is 7.97. The van der Waals surface area contributed by atoms with E-state index in [1.165, 1.54) is 0 Å². The predicted molar refractivity (Wildman–Crippen MR) is 86.1 cm³/mol. The summed E-state index contributed by atoms with van der Waals surface area (Å²) in [7, 11) is 1.67. The van der Waals surface area contributed by atoms with Crippen molar-refractivity contribution in [2.24, 2.45) is 0 Å². The lowest BCUT2D eigenvalue weighted by Gasteiger charge is -2.09. The molecule has 6 heteroatoms. The monoisotopic (exact) mass is 297 g/mol. The summed E-state index contributed by atoms with van der Waals surface area (Å²) in [5, 5.41) is 7.88. The molecule has 0 unspecified atom stereocenters. The minimum Gasteiger partial charge on any atom is -0.497 e. The first-order chi connectivity index (χ1) is 10.7. The number of rotatable bonds is 5. The zero-order valence-corrected chi connectivity index (χ0v) is 13.0. The highest BCUT2D eigenvalue weighted by Gasteiger charge is 2.12. The summed E-state index contributed by atoms with van der Waals surface area (Å²) in [6.07, 6.45) is 1.58. The van der Waals surface area contributed by atoms with Crippen molar-refractivity contribution >= 4 is 16.9 Å². The molecule has 2 aromatic heterocycles. The van der Waals surface area contributed by atoms with Gasteiger partial charge in [-0.05, 0) is 31.5 Å². The fourth-order valence-corrected chi connectivity index (χ4v) is 2.45. The Morgan fingerprint density at radius 1 is 1.18 bits per heavy atom. The first-order valence-electron chi connectivity index (χ1n) is 7.28. The van der Waals surface area contributed by atoms with Gasteiger partial charge in [0.25, 0.3) is 0 Å². The normalized spacial score (nSPS) is 10.9. The SMILES string of the molecule is CCn1nc(C)c2ncnc(NCc3ccc(OC)cc3)c21. The second kappa shape index (κ2) is 6.01. The van der Waals surface area contributed by atoms with Crippen LogP contribution in [0.25, 0.3) is 11.0 Å². The second-order valence-corrected chi connectivity index (χ2v) is 5.02. The van der Waals surface area contributed by atoms with E-state index in [2.05, 4.69) is 27.3 Å². The molecule has 0 radical (unpaired) electrons. The summed E-state index contributed by atoms with van der Waals surface area (Å²) in [4.78, 5) is 8.71. The maximum atomic E-state index is 5.17. The van der Waals surface area contributed by atoms with Crippen LogP contribution in [-0.4, -0.2) is 26.9 Å². The third kappa shape index (κ3) is 2.59. The van der Waals surface area contributed by atoms with Gasteiger partial charge in [0.2, 0.25) is 0 Å². The minimum absolute atomic E-state index is 0.685. The Morgan fingerprint density at radius 3 is 2.64 bits per heavy atom. The Hall–Kier alpha value is -2.63. The van der Waals surface area contributed by atoms with Crippen LogP contribution in [0.15, 0.2) is 30.6 Å². The molecule has 1 N–H and O–H groups in total. The Balaban J connectivity index is 1.87. The standard InChI is InChI=1S/C16H19N5O/c1-4-21-15-14(11(2)20-21)18-10-19-16(15)17-9-12-5-7-13(22-3)8-6-12/h5-8,10H,4,9H2,1-3H3,(H,17,18,19). The highest BCUT2D eigenvalue weighted by atomic mass is 16.5. The molecule has 114 valence electrons. The van der Waals surface area contributed by atoms with Crippen molar-refractivity contribution in [3.8, 4) is 5.75 Å². The van der Waals surface area contributed by atoms with Crippen LogP contribution in [0.5, 0.6) is 5.75 Å². The molecule has 0 fully saturated rings. The highest BCUT2D eigenvalue weighted by Crippen LogP contribution is 2.22. The van der Waals surface area contributed by atoms with Crippen LogP contribution in [0.1, 0.15) is 18.2 Å². The third-order valence-corrected chi connectivity index (χ3v) is 3.61. The second-order valence-electron chi connectivity index (χ2n) is 5.02. The number of hydrogen-bond acceptors (Lipinski definition) is 5. The van der Waals surface area contributed by atoms with E-state index in [4.69, 9.17) is 4.74 Å². The Bertz CT molecular complexity index is 779. The van der Waals surface area contributed by atoms with E-state index in [1.807, 2.05) is 35.9 Å². The Kier molecular flexibility index (Phi) is 3.91. The molecule has 0 bridgehead atoms. The van der Waals surface area contributed by atoms with E-state index >= 15 is 0 Å². The van der Waals surface area contributed by atoms with Crippen LogP contribution in [0.2, 0.25) is 0 Å². The number of benzene rings is 1. The van der Waals surface area contributed by atoms with Gasteiger partial charge in [0.1, 0.15) is 23.1 Å². The van der Waals surface area contributed by atoms with Gasteiger partial charge >= 0.3 is 0 Å². The Morgan fingerprint density at radius 2 is 1.95 bits per heavy atom. The summed E-state index contributed by atoms with van der Waals surface area (Å²) in [5.41, 5.74) is 3.93. The van der Waals surface area contributed by atoms with Gasteiger partial charge in [0, 0.05) is 13.1 Å². The molecule has 0 spiro atoms. The van der Waals surface area contributed by atoms with Gasteiger partial charge < -0.3 is 10.1 Å². The lowest BCUT2D eigenvalue weighted by Crippen LogP contribution is -2.05. The van der Waals surface area contributed by atoms with Crippen molar-refractivity contribution in [3.05, 3.63) is 41.9 Å². The fraction of sp³-hybridized carbons (Fsp3) is 0.312. The maximum Gasteiger partial charge on any atom is 0.155 e. The van der Waals surface area contributed by atoms with Gasteiger partial charge in [-0.2, -0.15) is 5.10 Å². The zero-order valence-electron chi connectivity index (χ0n) is 13.0. The predicted octanol–water partition coefficient (Wildman–Crippen LogP) is 2.78. The number of anilines is 1. The van der Waals surface area contributed by atoms with Gasteiger partial charge in [-0.1, -0.05) is 12.1 Å². The van der Waals surface area contributed by atoms with E-state index < -0.39 is 0 Å². The van der Waals surface area contributed by atoms with Crippen LogP contribution in [0, 0.1) is 6.92 Å². The lowest BCUT2D eigenvalue weighted by molar-refractivity contribution is 0.414.